The van der Waals surface area contributed by atoms with Crippen molar-refractivity contribution in [3.05, 3.63) is 87.9 Å². The molecule has 8 heteroatoms. The van der Waals surface area contributed by atoms with Gasteiger partial charge >= 0.3 is 0 Å². The van der Waals surface area contributed by atoms with Gasteiger partial charge in [-0.05, 0) is 61.2 Å². The van der Waals surface area contributed by atoms with E-state index < -0.39 is 10.0 Å². The van der Waals surface area contributed by atoms with E-state index in [4.69, 9.17) is 16.3 Å². The number of nitrogens with one attached hydrogen (secondary N) is 1. The Morgan fingerprint density at radius 3 is 2.55 bits per heavy atom. The van der Waals surface area contributed by atoms with E-state index in [1.165, 1.54) is 28.1 Å². The number of fused-ring (bicyclic) bond motifs is 1. The maximum Gasteiger partial charge on any atom is 0.262 e. The topological polar surface area (TPSA) is 75.7 Å². The van der Waals surface area contributed by atoms with Crippen LogP contribution in [0, 0.1) is 13.8 Å². The van der Waals surface area contributed by atoms with Crippen molar-refractivity contribution in [3.63, 3.8) is 0 Å². The fourth-order valence-corrected chi connectivity index (χ4v) is 5.61. The number of benzene rings is 3. The van der Waals surface area contributed by atoms with Gasteiger partial charge in [0.25, 0.3) is 5.91 Å². The van der Waals surface area contributed by atoms with Crippen molar-refractivity contribution >= 4 is 33.2 Å². The molecule has 1 N–H and O–H groups in total. The van der Waals surface area contributed by atoms with Gasteiger partial charge in [-0.25, -0.2) is 8.42 Å². The molecular formula is C25H25ClN2O4S. The molecule has 0 saturated heterocycles. The van der Waals surface area contributed by atoms with Crippen molar-refractivity contribution in [2.75, 3.05) is 18.5 Å². The largest absolute Gasteiger partial charge is 0.482 e. The molecule has 6 nitrogen and oxygen atoms in total. The first kappa shape index (κ1) is 23.3. The van der Waals surface area contributed by atoms with Crippen LogP contribution in [0.4, 0.5) is 5.69 Å². The Kier molecular flexibility index (Phi) is 6.74. The van der Waals surface area contributed by atoms with Gasteiger partial charge in [0, 0.05) is 18.8 Å². The number of amides is 1. The average molecular weight is 485 g/mol. The van der Waals surface area contributed by atoms with E-state index in [1.807, 2.05) is 56.3 Å². The quantitative estimate of drug-likeness (QED) is 0.549. The summed E-state index contributed by atoms with van der Waals surface area (Å²) in [5.74, 6) is -0.0860. The van der Waals surface area contributed by atoms with E-state index in [0.717, 1.165) is 16.7 Å². The molecule has 33 heavy (non-hydrogen) atoms. The number of nitrogens with zero attached hydrogens (tertiary/aromatic N) is 1. The number of sulfonamides is 1. The summed E-state index contributed by atoms with van der Waals surface area (Å²) in [4.78, 5) is 12.4. The second kappa shape index (κ2) is 9.55. The van der Waals surface area contributed by atoms with Crippen molar-refractivity contribution in [1.29, 1.82) is 0 Å². The number of ether oxygens (including phenoxy) is 1. The molecule has 1 aliphatic rings. The number of halogens is 1. The smallest absolute Gasteiger partial charge is 0.262 e. The minimum absolute atomic E-state index is 0.0963. The second-order valence-electron chi connectivity index (χ2n) is 8.10. The Balaban J connectivity index is 1.42. The van der Waals surface area contributed by atoms with Crippen LogP contribution in [0.15, 0.2) is 65.6 Å². The van der Waals surface area contributed by atoms with E-state index in [2.05, 4.69) is 5.32 Å². The molecule has 172 valence electrons. The van der Waals surface area contributed by atoms with Gasteiger partial charge in [0.15, 0.2) is 6.61 Å². The Morgan fingerprint density at radius 2 is 1.82 bits per heavy atom. The van der Waals surface area contributed by atoms with Crippen LogP contribution in [0.1, 0.15) is 22.3 Å². The van der Waals surface area contributed by atoms with Crippen LogP contribution in [-0.4, -0.2) is 31.8 Å². The lowest BCUT2D eigenvalue weighted by Crippen LogP contribution is -2.35. The fourth-order valence-electron chi connectivity index (χ4n) is 3.87. The lowest BCUT2D eigenvalue weighted by atomic mass is 10.0. The highest BCUT2D eigenvalue weighted by Gasteiger charge is 2.28. The Morgan fingerprint density at radius 1 is 1.06 bits per heavy atom. The van der Waals surface area contributed by atoms with E-state index >= 15 is 0 Å². The molecule has 1 aliphatic heterocycles. The first-order valence-electron chi connectivity index (χ1n) is 10.6. The van der Waals surface area contributed by atoms with Crippen molar-refractivity contribution in [3.8, 4) is 5.75 Å². The third-order valence-corrected chi connectivity index (χ3v) is 7.79. The van der Waals surface area contributed by atoms with E-state index in [9.17, 15) is 13.2 Å². The average Bonchev–Trinajstić information content (AvgIpc) is 2.79. The van der Waals surface area contributed by atoms with Crippen LogP contribution in [0.5, 0.6) is 5.75 Å². The van der Waals surface area contributed by atoms with Gasteiger partial charge in [0.1, 0.15) is 5.75 Å². The Bertz CT molecular complexity index is 1310. The summed E-state index contributed by atoms with van der Waals surface area (Å²) in [6, 6.07) is 17.9. The maximum absolute atomic E-state index is 13.1. The molecule has 0 bridgehead atoms. The number of aryl methyl sites for hydroxylation is 2. The third kappa shape index (κ3) is 5.21. The molecule has 1 heterocycles. The number of anilines is 1. The van der Waals surface area contributed by atoms with Gasteiger partial charge in [-0.15, -0.1) is 0 Å². The molecule has 0 radical (unpaired) electrons. The van der Waals surface area contributed by atoms with E-state index in [0.29, 0.717) is 25.2 Å². The summed E-state index contributed by atoms with van der Waals surface area (Å²) in [7, 11) is -3.71. The predicted molar refractivity (Wildman–Crippen MR) is 129 cm³/mol. The summed E-state index contributed by atoms with van der Waals surface area (Å²) < 4.78 is 33.3. The molecule has 0 saturated carbocycles. The molecule has 4 rings (SSSR count). The molecule has 0 spiro atoms. The molecule has 3 aromatic rings. The van der Waals surface area contributed by atoms with Crippen molar-refractivity contribution in [2.45, 2.75) is 31.7 Å². The molecule has 0 fully saturated rings. The lowest BCUT2D eigenvalue weighted by molar-refractivity contribution is -0.118. The zero-order valence-corrected chi connectivity index (χ0v) is 20.0. The number of carbonyl (C=O) groups is 1. The number of rotatable bonds is 6. The molecule has 1 amide bonds. The molecule has 0 unspecified atom stereocenters. The SMILES string of the molecule is Cc1ccc(NC(=O)COc2ccc(S(=O)(=O)N3CCc4ccccc4C3)cc2Cl)c(C)c1. The molecular weight excluding hydrogens is 460 g/mol. The highest BCUT2D eigenvalue weighted by atomic mass is 35.5. The summed E-state index contributed by atoms with van der Waals surface area (Å²) in [5, 5.41) is 2.94. The highest BCUT2D eigenvalue weighted by Crippen LogP contribution is 2.31. The number of carbonyl (C=O) groups excluding carboxylic acids is 1. The van der Waals surface area contributed by atoms with Gasteiger partial charge in [-0.1, -0.05) is 53.6 Å². The van der Waals surface area contributed by atoms with Crippen LogP contribution < -0.4 is 10.1 Å². The monoisotopic (exact) mass is 484 g/mol. The molecule has 0 aliphatic carbocycles. The van der Waals surface area contributed by atoms with Crippen LogP contribution in [0.3, 0.4) is 0 Å². The predicted octanol–water partition coefficient (Wildman–Crippen LogP) is 4.72. The summed E-state index contributed by atoms with van der Waals surface area (Å²) in [6.07, 6.45) is 0.667. The summed E-state index contributed by atoms with van der Waals surface area (Å²) in [5.41, 5.74) is 4.96. The van der Waals surface area contributed by atoms with Crippen molar-refractivity contribution in [2.24, 2.45) is 0 Å². The van der Waals surface area contributed by atoms with Crippen LogP contribution >= 0.6 is 11.6 Å². The highest BCUT2D eigenvalue weighted by molar-refractivity contribution is 7.89. The van der Waals surface area contributed by atoms with Crippen LogP contribution in [0.25, 0.3) is 0 Å². The van der Waals surface area contributed by atoms with Gasteiger partial charge in [0.2, 0.25) is 10.0 Å². The van der Waals surface area contributed by atoms with Crippen molar-refractivity contribution < 1.29 is 17.9 Å². The maximum atomic E-state index is 13.1. The first-order valence-corrected chi connectivity index (χ1v) is 12.4. The standard InChI is InChI=1S/C25H25ClN2O4S/c1-17-7-9-23(18(2)13-17)27-25(29)16-32-24-10-8-21(14-22(24)26)33(30,31)28-12-11-19-5-3-4-6-20(19)15-28/h3-10,13-14H,11-12,15-16H2,1-2H3,(H,27,29). The first-order chi connectivity index (χ1) is 15.7. The van der Waals surface area contributed by atoms with Crippen LogP contribution in [0.2, 0.25) is 5.02 Å². The van der Waals surface area contributed by atoms with Gasteiger partial charge in [0.05, 0.1) is 9.92 Å². The summed E-state index contributed by atoms with van der Waals surface area (Å²) in [6.45, 7) is 4.39. The molecule has 0 aromatic heterocycles. The molecule has 3 aromatic carbocycles. The van der Waals surface area contributed by atoms with E-state index in [1.54, 1.807) is 0 Å². The minimum atomic E-state index is -3.71. The third-order valence-electron chi connectivity index (χ3n) is 5.65. The second-order valence-corrected chi connectivity index (χ2v) is 10.4. The number of hydrogen-bond acceptors (Lipinski definition) is 4. The van der Waals surface area contributed by atoms with Gasteiger partial charge in [-0.2, -0.15) is 4.31 Å². The zero-order chi connectivity index (χ0) is 23.6. The van der Waals surface area contributed by atoms with Crippen LogP contribution in [-0.2, 0) is 27.8 Å². The normalized spacial score (nSPS) is 13.9. The fraction of sp³-hybridized carbons (Fsp3) is 0.240. The lowest BCUT2D eigenvalue weighted by Gasteiger charge is -2.28. The molecule has 0 atom stereocenters. The Hall–Kier alpha value is -2.87. The minimum Gasteiger partial charge on any atom is -0.482 e. The Labute approximate surface area is 199 Å². The zero-order valence-electron chi connectivity index (χ0n) is 18.5. The van der Waals surface area contributed by atoms with Gasteiger partial charge in [-0.3, -0.25) is 4.79 Å². The van der Waals surface area contributed by atoms with Gasteiger partial charge < -0.3 is 10.1 Å². The summed E-state index contributed by atoms with van der Waals surface area (Å²) >= 11 is 6.30. The van der Waals surface area contributed by atoms with E-state index in [-0.39, 0.29) is 28.2 Å². The van der Waals surface area contributed by atoms with Crippen molar-refractivity contribution in [1.82, 2.24) is 4.31 Å². The number of hydrogen-bond donors (Lipinski definition) is 1.